The zero-order valence-electron chi connectivity index (χ0n) is 17.0. The van der Waals surface area contributed by atoms with Crippen LogP contribution in [0.2, 0.25) is 0 Å². The highest BCUT2D eigenvalue weighted by atomic mass is 32.2. The summed E-state index contributed by atoms with van der Waals surface area (Å²) in [4.78, 5) is 22.6. The van der Waals surface area contributed by atoms with Gasteiger partial charge in [0.2, 0.25) is 0 Å². The Morgan fingerprint density at radius 3 is 2.70 bits per heavy atom. The lowest BCUT2D eigenvalue weighted by Gasteiger charge is -2.16. The molecule has 1 amide bonds. The highest BCUT2D eigenvalue weighted by Crippen LogP contribution is 2.22. The molecule has 0 saturated carbocycles. The van der Waals surface area contributed by atoms with E-state index < -0.39 is 0 Å². The lowest BCUT2D eigenvalue weighted by atomic mass is 10.1. The number of fused-ring (bicyclic) bond motifs is 1. The Morgan fingerprint density at radius 1 is 1.13 bits per heavy atom. The minimum absolute atomic E-state index is 0.0253. The number of anilines is 2. The van der Waals surface area contributed by atoms with E-state index in [9.17, 15) is 4.79 Å². The van der Waals surface area contributed by atoms with Crippen LogP contribution in [0, 0.1) is 0 Å². The van der Waals surface area contributed by atoms with Crippen LogP contribution in [-0.2, 0) is 7.05 Å². The number of thioether (sulfide) groups is 1. The molecule has 0 aliphatic rings. The molecule has 2 aromatic carbocycles. The standard InChI is InChI=1S/C22H22N6OS/c1-14(25-20-13-23-19-12-24-28(2)21(19)27-20)16-5-4-6-17(11-16)26-22(29)15-7-9-18(30-3)10-8-15/h4-14H,1-3H3,(H,25,27)(H,26,29)/t14-/m0/s1. The van der Waals surface area contributed by atoms with E-state index in [2.05, 4.69) is 25.7 Å². The number of aromatic nitrogens is 4. The van der Waals surface area contributed by atoms with E-state index in [-0.39, 0.29) is 11.9 Å². The molecular formula is C22H22N6OS. The molecule has 1 atom stereocenters. The van der Waals surface area contributed by atoms with Gasteiger partial charge in [-0.25, -0.2) is 14.6 Å². The number of rotatable bonds is 6. The molecule has 0 aliphatic carbocycles. The van der Waals surface area contributed by atoms with Gasteiger partial charge in [-0.2, -0.15) is 5.10 Å². The topological polar surface area (TPSA) is 84.7 Å². The normalized spacial score (nSPS) is 12.0. The van der Waals surface area contributed by atoms with Crippen molar-refractivity contribution in [2.24, 2.45) is 7.05 Å². The van der Waals surface area contributed by atoms with Crippen LogP contribution in [0.3, 0.4) is 0 Å². The van der Waals surface area contributed by atoms with Gasteiger partial charge in [0.05, 0.1) is 18.4 Å². The lowest BCUT2D eigenvalue weighted by molar-refractivity contribution is 0.102. The molecule has 2 aromatic heterocycles. The average Bonchev–Trinajstić information content (AvgIpc) is 3.14. The number of carbonyl (C=O) groups excluding carboxylic acids is 1. The SMILES string of the molecule is CSc1ccc(C(=O)Nc2cccc([C@H](C)Nc3cnc4cnn(C)c4n3)c2)cc1. The summed E-state index contributed by atoms with van der Waals surface area (Å²) in [6.07, 6.45) is 5.40. The first-order valence-electron chi connectivity index (χ1n) is 9.50. The molecule has 30 heavy (non-hydrogen) atoms. The van der Waals surface area contributed by atoms with E-state index in [4.69, 9.17) is 0 Å². The number of hydrogen-bond donors (Lipinski definition) is 2. The van der Waals surface area contributed by atoms with Crippen LogP contribution in [0.5, 0.6) is 0 Å². The molecule has 0 saturated heterocycles. The largest absolute Gasteiger partial charge is 0.362 e. The average molecular weight is 419 g/mol. The molecule has 8 heteroatoms. The van der Waals surface area contributed by atoms with Crippen molar-refractivity contribution in [2.75, 3.05) is 16.9 Å². The van der Waals surface area contributed by atoms with Gasteiger partial charge in [-0.1, -0.05) is 12.1 Å². The third-order valence-corrected chi connectivity index (χ3v) is 5.55. The summed E-state index contributed by atoms with van der Waals surface area (Å²) in [6.45, 7) is 2.04. The first-order chi connectivity index (χ1) is 14.5. The Bertz CT molecular complexity index is 1190. The third kappa shape index (κ3) is 4.28. The number of hydrogen-bond acceptors (Lipinski definition) is 6. The van der Waals surface area contributed by atoms with Crippen LogP contribution >= 0.6 is 11.8 Å². The number of nitrogens with one attached hydrogen (secondary N) is 2. The van der Waals surface area contributed by atoms with Gasteiger partial charge in [0.25, 0.3) is 5.91 Å². The molecule has 0 radical (unpaired) electrons. The number of carbonyl (C=O) groups is 1. The third-order valence-electron chi connectivity index (χ3n) is 4.80. The zero-order valence-corrected chi connectivity index (χ0v) is 17.8. The maximum atomic E-state index is 12.6. The Hall–Kier alpha value is -3.39. The molecule has 0 unspecified atom stereocenters. The maximum Gasteiger partial charge on any atom is 0.255 e. The van der Waals surface area contributed by atoms with Crippen LogP contribution < -0.4 is 10.6 Å². The minimum Gasteiger partial charge on any atom is -0.362 e. The molecular weight excluding hydrogens is 396 g/mol. The number of nitrogens with zero attached hydrogens (tertiary/aromatic N) is 4. The summed E-state index contributed by atoms with van der Waals surface area (Å²) in [7, 11) is 1.84. The minimum atomic E-state index is -0.132. The second-order valence-corrected chi connectivity index (χ2v) is 7.79. The molecule has 7 nitrogen and oxygen atoms in total. The van der Waals surface area contributed by atoms with Crippen molar-refractivity contribution >= 4 is 40.3 Å². The van der Waals surface area contributed by atoms with Gasteiger partial charge in [-0.15, -0.1) is 11.8 Å². The molecule has 4 rings (SSSR count). The summed E-state index contributed by atoms with van der Waals surface area (Å²) in [6, 6.07) is 15.3. The number of amides is 1. The molecule has 0 bridgehead atoms. The summed E-state index contributed by atoms with van der Waals surface area (Å²) < 4.78 is 1.69. The summed E-state index contributed by atoms with van der Waals surface area (Å²) in [5.74, 6) is 0.537. The Balaban J connectivity index is 1.47. The Labute approximate surface area is 178 Å². The van der Waals surface area contributed by atoms with Crippen molar-refractivity contribution in [2.45, 2.75) is 17.9 Å². The smallest absolute Gasteiger partial charge is 0.255 e. The Kier molecular flexibility index (Phi) is 5.67. The second kappa shape index (κ2) is 8.54. The van der Waals surface area contributed by atoms with Crippen molar-refractivity contribution in [3.8, 4) is 0 Å². The van der Waals surface area contributed by atoms with Crippen LogP contribution in [0.4, 0.5) is 11.5 Å². The van der Waals surface area contributed by atoms with Gasteiger partial charge < -0.3 is 10.6 Å². The lowest BCUT2D eigenvalue weighted by Crippen LogP contribution is -2.13. The predicted molar refractivity (Wildman–Crippen MR) is 121 cm³/mol. The van der Waals surface area contributed by atoms with Crippen LogP contribution in [-0.4, -0.2) is 31.9 Å². The predicted octanol–water partition coefficient (Wildman–Crippen LogP) is 4.51. The summed E-state index contributed by atoms with van der Waals surface area (Å²) in [5.41, 5.74) is 3.88. The van der Waals surface area contributed by atoms with Gasteiger partial charge in [0, 0.05) is 23.2 Å². The van der Waals surface area contributed by atoms with Crippen LogP contribution in [0.15, 0.2) is 65.8 Å². The van der Waals surface area contributed by atoms with Gasteiger partial charge in [0.1, 0.15) is 11.3 Å². The fraction of sp³-hybridized carbons (Fsp3) is 0.182. The van der Waals surface area contributed by atoms with E-state index in [1.165, 1.54) is 0 Å². The molecule has 0 aliphatic heterocycles. The number of benzene rings is 2. The van der Waals surface area contributed by atoms with Gasteiger partial charge in [-0.3, -0.25) is 4.79 Å². The van der Waals surface area contributed by atoms with Crippen molar-refractivity contribution in [1.29, 1.82) is 0 Å². The Morgan fingerprint density at radius 2 is 1.93 bits per heavy atom. The molecule has 2 N–H and O–H groups in total. The maximum absolute atomic E-state index is 12.6. The summed E-state index contributed by atoms with van der Waals surface area (Å²) in [5, 5.41) is 10.5. The summed E-state index contributed by atoms with van der Waals surface area (Å²) >= 11 is 1.65. The highest BCUT2D eigenvalue weighted by Gasteiger charge is 2.11. The second-order valence-electron chi connectivity index (χ2n) is 6.91. The molecule has 0 fully saturated rings. The quantitative estimate of drug-likeness (QED) is 0.448. The van der Waals surface area contributed by atoms with Crippen LogP contribution in [0.1, 0.15) is 28.9 Å². The zero-order chi connectivity index (χ0) is 21.1. The van der Waals surface area contributed by atoms with Gasteiger partial charge in [0.15, 0.2) is 5.65 Å². The first-order valence-corrected chi connectivity index (χ1v) is 10.7. The highest BCUT2D eigenvalue weighted by molar-refractivity contribution is 7.98. The first kappa shape index (κ1) is 19.9. The van der Waals surface area contributed by atoms with E-state index in [1.54, 1.807) is 28.8 Å². The molecule has 0 spiro atoms. The van der Waals surface area contributed by atoms with Crippen molar-refractivity contribution < 1.29 is 4.79 Å². The van der Waals surface area contributed by atoms with Crippen LogP contribution in [0.25, 0.3) is 11.2 Å². The number of aryl methyl sites for hydroxylation is 1. The molecule has 4 aromatic rings. The molecule has 152 valence electrons. The molecule has 2 heterocycles. The van der Waals surface area contributed by atoms with Gasteiger partial charge in [-0.05, 0) is 55.1 Å². The fourth-order valence-corrected chi connectivity index (χ4v) is 3.53. The van der Waals surface area contributed by atoms with E-state index in [0.29, 0.717) is 11.4 Å². The van der Waals surface area contributed by atoms with E-state index in [0.717, 1.165) is 27.3 Å². The van der Waals surface area contributed by atoms with Crippen molar-refractivity contribution in [3.05, 3.63) is 72.1 Å². The van der Waals surface area contributed by atoms with Gasteiger partial charge >= 0.3 is 0 Å². The van der Waals surface area contributed by atoms with E-state index >= 15 is 0 Å². The van der Waals surface area contributed by atoms with Crippen molar-refractivity contribution in [1.82, 2.24) is 19.7 Å². The fourth-order valence-electron chi connectivity index (χ4n) is 3.12. The van der Waals surface area contributed by atoms with Crippen molar-refractivity contribution in [3.63, 3.8) is 0 Å². The van der Waals surface area contributed by atoms with E-state index in [1.807, 2.05) is 68.8 Å². The monoisotopic (exact) mass is 418 g/mol.